The zero-order valence-electron chi connectivity index (χ0n) is 9.38. The summed E-state index contributed by atoms with van der Waals surface area (Å²) in [4.78, 5) is 12.2. The highest BCUT2D eigenvalue weighted by Gasteiger charge is 2.19. The lowest BCUT2D eigenvalue weighted by Crippen LogP contribution is -2.05. The molecule has 2 nitrogen and oxygen atoms in total. The topological polar surface area (TPSA) is 43.1 Å². The van der Waals surface area contributed by atoms with Gasteiger partial charge < -0.3 is 5.73 Å². The number of ketones is 1. The largest absolute Gasteiger partial charge is 0.399 e. The van der Waals surface area contributed by atoms with Gasteiger partial charge in [-0.25, -0.2) is 8.78 Å². The van der Waals surface area contributed by atoms with Crippen LogP contribution in [0.3, 0.4) is 0 Å². The molecular formula is C13H7Cl2F2NO. The summed E-state index contributed by atoms with van der Waals surface area (Å²) in [6.07, 6.45) is 0. The number of hydrogen-bond donors (Lipinski definition) is 1. The zero-order valence-corrected chi connectivity index (χ0v) is 10.9. The van der Waals surface area contributed by atoms with Gasteiger partial charge in [-0.05, 0) is 30.3 Å². The van der Waals surface area contributed by atoms with Crippen molar-refractivity contribution in [1.29, 1.82) is 0 Å². The molecule has 0 aromatic heterocycles. The molecule has 0 heterocycles. The van der Waals surface area contributed by atoms with E-state index in [9.17, 15) is 13.6 Å². The molecule has 0 amide bonds. The van der Waals surface area contributed by atoms with Crippen molar-refractivity contribution in [3.8, 4) is 0 Å². The van der Waals surface area contributed by atoms with Crippen molar-refractivity contribution in [2.75, 3.05) is 5.73 Å². The first-order chi connectivity index (χ1) is 8.90. The van der Waals surface area contributed by atoms with E-state index >= 15 is 0 Å². The monoisotopic (exact) mass is 301 g/mol. The molecular weight excluding hydrogens is 295 g/mol. The fourth-order valence-corrected chi connectivity index (χ4v) is 2.00. The van der Waals surface area contributed by atoms with E-state index < -0.39 is 17.4 Å². The maximum Gasteiger partial charge on any atom is 0.196 e. The van der Waals surface area contributed by atoms with Crippen molar-refractivity contribution >= 4 is 34.7 Å². The van der Waals surface area contributed by atoms with E-state index in [1.54, 1.807) is 0 Å². The molecule has 0 spiro atoms. The molecule has 0 saturated heterocycles. The molecule has 19 heavy (non-hydrogen) atoms. The average molecular weight is 302 g/mol. The van der Waals surface area contributed by atoms with Crippen LogP contribution < -0.4 is 5.73 Å². The summed E-state index contributed by atoms with van der Waals surface area (Å²) in [5.74, 6) is -2.91. The normalized spacial score (nSPS) is 10.5. The van der Waals surface area contributed by atoms with Crippen molar-refractivity contribution in [2.45, 2.75) is 0 Å². The molecule has 98 valence electrons. The fourth-order valence-electron chi connectivity index (χ4n) is 1.56. The Morgan fingerprint density at radius 3 is 2.21 bits per heavy atom. The van der Waals surface area contributed by atoms with Gasteiger partial charge in [-0.3, -0.25) is 4.79 Å². The van der Waals surface area contributed by atoms with Crippen LogP contribution in [0.1, 0.15) is 15.9 Å². The zero-order chi connectivity index (χ0) is 14.2. The first kappa shape index (κ1) is 13.8. The maximum atomic E-state index is 13.2. The summed E-state index contributed by atoms with van der Waals surface area (Å²) in [6, 6.07) is 5.79. The second-order valence-electron chi connectivity index (χ2n) is 3.81. The molecule has 0 atom stereocenters. The highest BCUT2D eigenvalue weighted by Crippen LogP contribution is 2.27. The van der Waals surface area contributed by atoms with Crippen LogP contribution in [0.25, 0.3) is 0 Å². The first-order valence-corrected chi connectivity index (χ1v) is 5.90. The Morgan fingerprint density at radius 1 is 0.947 bits per heavy atom. The number of rotatable bonds is 2. The Bertz CT molecular complexity index is 674. The van der Waals surface area contributed by atoms with Crippen molar-refractivity contribution in [3.63, 3.8) is 0 Å². The van der Waals surface area contributed by atoms with E-state index in [0.29, 0.717) is 5.69 Å². The van der Waals surface area contributed by atoms with Crippen molar-refractivity contribution in [3.05, 3.63) is 63.1 Å². The number of benzene rings is 2. The standard InChI is InChI=1S/C13H7Cl2F2NO/c14-9-2-1-6(18)3-7(9)13(19)8-4-11(16)12(17)5-10(8)15/h1-5H,18H2. The van der Waals surface area contributed by atoms with Crippen LogP contribution in [0.2, 0.25) is 10.0 Å². The number of carbonyl (C=O) groups is 1. The lowest BCUT2D eigenvalue weighted by molar-refractivity contribution is 0.103. The summed E-state index contributed by atoms with van der Waals surface area (Å²) in [5, 5.41) is -0.0395. The van der Waals surface area contributed by atoms with E-state index in [4.69, 9.17) is 28.9 Å². The number of hydrogen-bond acceptors (Lipinski definition) is 2. The molecule has 2 N–H and O–H groups in total. The highest BCUT2D eigenvalue weighted by molar-refractivity contribution is 6.38. The third-order valence-corrected chi connectivity index (χ3v) is 3.13. The third-order valence-electron chi connectivity index (χ3n) is 2.49. The summed E-state index contributed by atoms with van der Waals surface area (Å²) >= 11 is 11.6. The quantitative estimate of drug-likeness (QED) is 0.516. The van der Waals surface area contributed by atoms with Crippen LogP contribution in [0, 0.1) is 11.6 Å². The number of nitrogen functional groups attached to an aromatic ring is 1. The Labute approximate surface area is 117 Å². The average Bonchev–Trinajstić information content (AvgIpc) is 2.36. The molecule has 2 aromatic carbocycles. The van der Waals surface area contributed by atoms with Crippen LogP contribution in [-0.2, 0) is 0 Å². The van der Waals surface area contributed by atoms with Gasteiger partial charge in [0, 0.05) is 16.8 Å². The van der Waals surface area contributed by atoms with E-state index in [2.05, 4.69) is 0 Å². The fraction of sp³-hybridized carbons (Fsp3) is 0. The van der Waals surface area contributed by atoms with E-state index in [1.807, 2.05) is 0 Å². The van der Waals surface area contributed by atoms with Crippen LogP contribution in [0.4, 0.5) is 14.5 Å². The minimum absolute atomic E-state index is 0.0783. The van der Waals surface area contributed by atoms with Gasteiger partial charge in [-0.15, -0.1) is 0 Å². The lowest BCUT2D eigenvalue weighted by Gasteiger charge is -2.07. The number of halogens is 4. The first-order valence-electron chi connectivity index (χ1n) is 5.14. The van der Waals surface area contributed by atoms with Gasteiger partial charge in [-0.1, -0.05) is 23.2 Å². The molecule has 0 bridgehead atoms. The molecule has 0 aliphatic heterocycles. The van der Waals surface area contributed by atoms with Crippen LogP contribution in [0.5, 0.6) is 0 Å². The second-order valence-corrected chi connectivity index (χ2v) is 4.63. The Hall–Kier alpha value is -1.65. The molecule has 6 heteroatoms. The van der Waals surface area contributed by atoms with Crippen molar-refractivity contribution in [1.82, 2.24) is 0 Å². The SMILES string of the molecule is Nc1ccc(Cl)c(C(=O)c2cc(F)c(F)cc2Cl)c1. The minimum atomic E-state index is -1.16. The minimum Gasteiger partial charge on any atom is -0.399 e. The van der Waals surface area contributed by atoms with Crippen LogP contribution in [0.15, 0.2) is 30.3 Å². The molecule has 0 fully saturated rings. The van der Waals surface area contributed by atoms with Crippen molar-refractivity contribution in [2.24, 2.45) is 0 Å². The molecule has 0 radical (unpaired) electrons. The summed E-state index contributed by atoms with van der Waals surface area (Å²) in [6.45, 7) is 0. The number of anilines is 1. The molecule has 0 saturated carbocycles. The summed E-state index contributed by atoms with van der Waals surface area (Å²) in [7, 11) is 0. The van der Waals surface area contributed by atoms with Crippen LogP contribution >= 0.6 is 23.2 Å². The second kappa shape index (κ2) is 5.15. The van der Waals surface area contributed by atoms with E-state index in [-0.39, 0.29) is 21.2 Å². The highest BCUT2D eigenvalue weighted by atomic mass is 35.5. The number of nitrogens with two attached hydrogens (primary N) is 1. The van der Waals surface area contributed by atoms with Gasteiger partial charge in [0.25, 0.3) is 0 Å². The summed E-state index contributed by atoms with van der Waals surface area (Å²) in [5.41, 5.74) is 5.79. The Kier molecular flexibility index (Phi) is 3.73. The van der Waals surface area contributed by atoms with E-state index in [1.165, 1.54) is 18.2 Å². The van der Waals surface area contributed by atoms with Gasteiger partial charge in [0.2, 0.25) is 0 Å². The van der Waals surface area contributed by atoms with E-state index in [0.717, 1.165) is 12.1 Å². The van der Waals surface area contributed by atoms with Gasteiger partial charge >= 0.3 is 0 Å². The third kappa shape index (κ3) is 2.69. The maximum absolute atomic E-state index is 13.2. The predicted molar refractivity (Wildman–Crippen MR) is 70.7 cm³/mol. The Balaban J connectivity index is 2.56. The van der Waals surface area contributed by atoms with Gasteiger partial charge in [0.05, 0.1) is 10.0 Å². The smallest absolute Gasteiger partial charge is 0.196 e. The molecule has 0 aliphatic carbocycles. The molecule has 2 rings (SSSR count). The molecule has 0 unspecified atom stereocenters. The van der Waals surface area contributed by atoms with Gasteiger partial charge in [0.15, 0.2) is 17.4 Å². The van der Waals surface area contributed by atoms with Gasteiger partial charge in [0.1, 0.15) is 0 Å². The van der Waals surface area contributed by atoms with Crippen molar-refractivity contribution < 1.29 is 13.6 Å². The summed E-state index contributed by atoms with van der Waals surface area (Å²) < 4.78 is 26.1. The number of carbonyl (C=O) groups excluding carboxylic acids is 1. The molecule has 0 aliphatic rings. The van der Waals surface area contributed by atoms with Crippen LogP contribution in [-0.4, -0.2) is 5.78 Å². The predicted octanol–water partition coefficient (Wildman–Crippen LogP) is 4.08. The lowest BCUT2D eigenvalue weighted by atomic mass is 10.0. The Morgan fingerprint density at radius 2 is 1.53 bits per heavy atom. The molecule has 2 aromatic rings. The van der Waals surface area contributed by atoms with Gasteiger partial charge in [-0.2, -0.15) is 0 Å².